The zero-order valence-corrected chi connectivity index (χ0v) is 18.7. The Morgan fingerprint density at radius 2 is 1.48 bits per heavy atom. The highest BCUT2D eigenvalue weighted by atomic mass is 16.6. The molecule has 2 aromatic rings. The lowest BCUT2D eigenvalue weighted by molar-refractivity contribution is -0.155. The molecule has 2 aromatic carbocycles. The van der Waals surface area contributed by atoms with Gasteiger partial charge in [-0.3, -0.25) is 9.59 Å². The minimum atomic E-state index is -0.556. The highest BCUT2D eigenvalue weighted by Crippen LogP contribution is 2.33. The van der Waals surface area contributed by atoms with Crippen LogP contribution in [0.15, 0.2) is 61.2 Å². The molecule has 0 spiro atoms. The van der Waals surface area contributed by atoms with E-state index >= 15 is 0 Å². The van der Waals surface area contributed by atoms with Gasteiger partial charge in [0.15, 0.2) is 0 Å². The third kappa shape index (κ3) is 6.68. The Balaban J connectivity index is 1.45. The van der Waals surface area contributed by atoms with Crippen LogP contribution in [0.1, 0.15) is 25.7 Å². The molecule has 7 heteroatoms. The van der Waals surface area contributed by atoms with Gasteiger partial charge in [-0.05, 0) is 49.4 Å². The van der Waals surface area contributed by atoms with E-state index in [1.54, 1.807) is 19.2 Å². The predicted molar refractivity (Wildman–Crippen MR) is 122 cm³/mol. The summed E-state index contributed by atoms with van der Waals surface area (Å²) in [7, 11) is 1.63. The molecule has 0 amide bonds. The number of hydrogen-bond acceptors (Lipinski definition) is 7. The molecule has 0 bridgehead atoms. The summed E-state index contributed by atoms with van der Waals surface area (Å²) in [5.41, 5.74) is 1.92. The smallest absolute Gasteiger partial charge is 0.330 e. The van der Waals surface area contributed by atoms with Gasteiger partial charge in [0.1, 0.15) is 24.7 Å². The van der Waals surface area contributed by atoms with E-state index in [1.807, 2.05) is 36.4 Å². The third-order valence-corrected chi connectivity index (χ3v) is 5.62. The van der Waals surface area contributed by atoms with Crippen molar-refractivity contribution in [2.75, 3.05) is 20.3 Å². The lowest BCUT2D eigenvalue weighted by atomic mass is 9.82. The zero-order valence-electron chi connectivity index (χ0n) is 18.7. The summed E-state index contributed by atoms with van der Waals surface area (Å²) in [5.74, 6) is -0.434. The van der Waals surface area contributed by atoms with Gasteiger partial charge in [-0.2, -0.15) is 0 Å². The fourth-order valence-electron chi connectivity index (χ4n) is 3.81. The molecule has 1 fully saturated rings. The van der Waals surface area contributed by atoms with Gasteiger partial charge in [0, 0.05) is 11.6 Å². The van der Waals surface area contributed by atoms with E-state index in [0.29, 0.717) is 31.4 Å². The lowest BCUT2D eigenvalue weighted by Gasteiger charge is -2.25. The normalized spacial score (nSPS) is 17.5. The highest BCUT2D eigenvalue weighted by molar-refractivity contribution is 5.81. The van der Waals surface area contributed by atoms with E-state index in [2.05, 4.69) is 6.58 Å². The second-order valence-corrected chi connectivity index (χ2v) is 7.73. The molecule has 0 aliphatic heterocycles. The Morgan fingerprint density at radius 1 is 0.879 bits per heavy atom. The van der Waals surface area contributed by atoms with Gasteiger partial charge in [0.25, 0.3) is 0 Å². The van der Waals surface area contributed by atoms with Crippen molar-refractivity contribution in [1.82, 2.24) is 0 Å². The summed E-state index contributed by atoms with van der Waals surface area (Å²) >= 11 is 0. The number of rotatable bonds is 9. The molecular formula is C26H28O7. The van der Waals surface area contributed by atoms with Crippen LogP contribution in [0.2, 0.25) is 0 Å². The average molecular weight is 453 g/mol. The fourth-order valence-corrected chi connectivity index (χ4v) is 3.81. The van der Waals surface area contributed by atoms with Gasteiger partial charge in [0.2, 0.25) is 0 Å². The Hall–Kier alpha value is -3.61. The summed E-state index contributed by atoms with van der Waals surface area (Å²) in [6.45, 7) is 3.29. The number of esters is 3. The first-order chi connectivity index (χ1) is 16.0. The molecule has 7 nitrogen and oxygen atoms in total. The van der Waals surface area contributed by atoms with Crippen molar-refractivity contribution in [3.05, 3.63) is 61.2 Å². The van der Waals surface area contributed by atoms with Crippen molar-refractivity contribution >= 4 is 17.9 Å². The van der Waals surface area contributed by atoms with Crippen molar-refractivity contribution < 1.29 is 33.3 Å². The van der Waals surface area contributed by atoms with Gasteiger partial charge < -0.3 is 18.9 Å². The van der Waals surface area contributed by atoms with Crippen LogP contribution < -0.4 is 9.47 Å². The first-order valence-electron chi connectivity index (χ1n) is 10.9. The van der Waals surface area contributed by atoms with Crippen LogP contribution in [0.3, 0.4) is 0 Å². The largest absolute Gasteiger partial charge is 0.496 e. The fraction of sp³-hybridized carbons (Fsp3) is 0.346. The van der Waals surface area contributed by atoms with Crippen molar-refractivity contribution in [2.45, 2.75) is 25.7 Å². The van der Waals surface area contributed by atoms with Crippen molar-refractivity contribution in [3.8, 4) is 22.6 Å². The zero-order chi connectivity index (χ0) is 23.6. The molecule has 0 saturated heterocycles. The number of hydrogen-bond donors (Lipinski definition) is 0. The lowest BCUT2D eigenvalue weighted by Crippen LogP contribution is -2.30. The molecule has 1 saturated carbocycles. The Kier molecular flexibility index (Phi) is 8.63. The van der Waals surface area contributed by atoms with Crippen molar-refractivity contribution in [1.29, 1.82) is 0 Å². The second kappa shape index (κ2) is 11.9. The van der Waals surface area contributed by atoms with Crippen molar-refractivity contribution in [3.63, 3.8) is 0 Å². The number of carbonyl (C=O) groups excluding carboxylic acids is 3. The van der Waals surface area contributed by atoms with Gasteiger partial charge in [-0.15, -0.1) is 0 Å². The summed E-state index contributed by atoms with van der Waals surface area (Å²) in [4.78, 5) is 35.7. The second-order valence-electron chi connectivity index (χ2n) is 7.73. The molecule has 0 heterocycles. The molecule has 0 unspecified atom stereocenters. The number of benzene rings is 2. The molecule has 1 aliphatic rings. The monoisotopic (exact) mass is 452 g/mol. The quantitative estimate of drug-likeness (QED) is 0.242. The first kappa shape index (κ1) is 24.0. The summed E-state index contributed by atoms with van der Waals surface area (Å²) in [5, 5.41) is 0. The molecule has 0 N–H and O–H groups in total. The summed E-state index contributed by atoms with van der Waals surface area (Å²) in [6, 6.07) is 15.0. The number of ether oxygens (including phenoxy) is 4. The van der Waals surface area contributed by atoms with Crippen LogP contribution in [0.4, 0.5) is 0 Å². The predicted octanol–water partition coefficient (Wildman–Crippen LogP) is 4.35. The van der Waals surface area contributed by atoms with Crippen LogP contribution in [0.5, 0.6) is 11.5 Å². The molecule has 174 valence electrons. The van der Waals surface area contributed by atoms with Gasteiger partial charge >= 0.3 is 17.9 Å². The van der Waals surface area contributed by atoms with Crippen LogP contribution in [-0.4, -0.2) is 38.2 Å². The Bertz CT molecular complexity index is 972. The van der Waals surface area contributed by atoms with Crippen LogP contribution in [-0.2, 0) is 23.9 Å². The van der Waals surface area contributed by atoms with E-state index in [9.17, 15) is 14.4 Å². The van der Waals surface area contributed by atoms with Crippen LogP contribution >= 0.6 is 0 Å². The third-order valence-electron chi connectivity index (χ3n) is 5.62. The number of para-hydroxylation sites is 1. The minimum absolute atomic E-state index is 0.00519. The minimum Gasteiger partial charge on any atom is -0.496 e. The molecular weight excluding hydrogens is 424 g/mol. The van der Waals surface area contributed by atoms with E-state index in [0.717, 1.165) is 23.0 Å². The molecule has 0 radical (unpaired) electrons. The standard InChI is InChI=1S/C26H28O7/c1-3-24(27)31-16-17-32-25(28)19-8-10-20(11-9-19)26(29)33-21-14-12-18(13-15-21)22-6-4-5-7-23(22)30-2/h3-7,12-15,19-20H,1,8-11,16-17H2,2H3. The molecule has 0 aromatic heterocycles. The van der Waals surface area contributed by atoms with Gasteiger partial charge in [-0.25, -0.2) is 4.79 Å². The van der Waals surface area contributed by atoms with E-state index < -0.39 is 5.97 Å². The highest BCUT2D eigenvalue weighted by Gasteiger charge is 2.32. The SMILES string of the molecule is C=CC(=O)OCCOC(=O)C1CCC(C(=O)Oc2ccc(-c3ccccc3OC)cc2)CC1. The first-order valence-corrected chi connectivity index (χ1v) is 10.9. The Morgan fingerprint density at radius 3 is 2.12 bits per heavy atom. The van der Waals surface area contributed by atoms with Gasteiger partial charge in [-0.1, -0.05) is 36.9 Å². The van der Waals surface area contributed by atoms with Crippen LogP contribution in [0.25, 0.3) is 11.1 Å². The van der Waals surface area contributed by atoms with Crippen molar-refractivity contribution in [2.24, 2.45) is 11.8 Å². The van der Waals surface area contributed by atoms with Crippen LogP contribution in [0, 0.1) is 11.8 Å². The molecule has 33 heavy (non-hydrogen) atoms. The summed E-state index contributed by atoms with van der Waals surface area (Å²) in [6.07, 6.45) is 3.28. The molecule has 0 atom stereocenters. The number of methoxy groups -OCH3 is 1. The van der Waals surface area contributed by atoms with E-state index in [1.165, 1.54) is 0 Å². The maximum Gasteiger partial charge on any atom is 0.330 e. The number of carbonyl (C=O) groups is 3. The van der Waals surface area contributed by atoms with Gasteiger partial charge in [0.05, 0.1) is 18.9 Å². The maximum atomic E-state index is 12.6. The summed E-state index contributed by atoms with van der Waals surface area (Å²) < 4.78 is 20.9. The van der Waals surface area contributed by atoms with E-state index in [-0.39, 0.29) is 37.0 Å². The Labute approximate surface area is 193 Å². The maximum absolute atomic E-state index is 12.6. The molecule has 1 aliphatic carbocycles. The molecule has 3 rings (SSSR count). The topological polar surface area (TPSA) is 88.1 Å². The van der Waals surface area contributed by atoms with E-state index in [4.69, 9.17) is 18.9 Å². The average Bonchev–Trinajstić information content (AvgIpc) is 2.86.